The third-order valence-electron chi connectivity index (χ3n) is 8.85. The van der Waals surface area contributed by atoms with E-state index in [2.05, 4.69) is 5.32 Å². The number of hydrogen-bond donors (Lipinski definition) is 13. The van der Waals surface area contributed by atoms with Gasteiger partial charge >= 0.3 is 0 Å². The van der Waals surface area contributed by atoms with Crippen molar-refractivity contribution < 1.29 is 63.9 Å². The molecule has 4 rings (SSSR count). The van der Waals surface area contributed by atoms with Crippen LogP contribution in [0.25, 0.3) is 0 Å². The van der Waals surface area contributed by atoms with E-state index >= 15 is 0 Å². The normalized spacial score (nSPS) is 44.8. The van der Waals surface area contributed by atoms with Crippen LogP contribution in [-0.4, -0.2) is 167 Å². The number of nitrogens with two attached hydrogens (primary N) is 6. The highest BCUT2D eigenvalue weighted by atomic mass is 16.8. The van der Waals surface area contributed by atoms with Gasteiger partial charge in [-0.05, 0) is 31.9 Å². The molecule has 272 valence electrons. The second-order valence-electron chi connectivity index (χ2n) is 12.2. The smallest absolute Gasteiger partial charge is 0.249 e. The minimum atomic E-state index is -1.64. The zero-order valence-electron chi connectivity index (χ0n) is 25.8. The summed E-state index contributed by atoms with van der Waals surface area (Å²) in [6.45, 7) is -0.728. The van der Waals surface area contributed by atoms with Crippen molar-refractivity contribution in [2.45, 2.75) is 123 Å². The van der Waals surface area contributed by atoms with Crippen LogP contribution in [0, 0.1) is 0 Å². The fourth-order valence-corrected chi connectivity index (χ4v) is 6.07. The Kier molecular flexibility index (Phi) is 13.7. The van der Waals surface area contributed by atoms with Crippen molar-refractivity contribution in [2.75, 3.05) is 26.2 Å². The van der Waals surface area contributed by atoms with E-state index in [1.807, 2.05) is 0 Å². The van der Waals surface area contributed by atoms with Gasteiger partial charge in [-0.3, -0.25) is 4.79 Å². The van der Waals surface area contributed by atoms with Crippen LogP contribution >= 0.6 is 0 Å². The lowest BCUT2D eigenvalue weighted by Gasteiger charge is -2.46. The number of aliphatic hydroxyl groups excluding tert-OH is 6. The van der Waals surface area contributed by atoms with Gasteiger partial charge in [0.1, 0.15) is 66.8 Å². The number of ether oxygens (including phenoxy) is 6. The van der Waals surface area contributed by atoms with Crippen molar-refractivity contribution in [3.8, 4) is 0 Å². The third-order valence-corrected chi connectivity index (χ3v) is 8.85. The second-order valence-corrected chi connectivity index (χ2v) is 12.2. The van der Waals surface area contributed by atoms with Crippen LogP contribution in [-0.2, 0) is 33.2 Å². The summed E-state index contributed by atoms with van der Waals surface area (Å²) < 4.78 is 35.3. The van der Waals surface area contributed by atoms with E-state index in [-0.39, 0.29) is 32.5 Å². The van der Waals surface area contributed by atoms with Gasteiger partial charge < -0.3 is 98.8 Å². The quantitative estimate of drug-likeness (QED) is 0.0858. The maximum Gasteiger partial charge on any atom is 0.249 e. The van der Waals surface area contributed by atoms with Crippen molar-refractivity contribution in [2.24, 2.45) is 34.4 Å². The van der Waals surface area contributed by atoms with Gasteiger partial charge in [-0.2, -0.15) is 0 Å². The Bertz CT molecular complexity index is 1050. The molecule has 0 unspecified atom stereocenters. The molecule has 0 radical (unpaired) electrons. The first-order valence-corrected chi connectivity index (χ1v) is 15.7. The van der Waals surface area contributed by atoms with Gasteiger partial charge in [0.2, 0.25) is 12.2 Å². The molecule has 0 aromatic carbocycles. The molecule has 1 saturated carbocycles. The topological polar surface area (TPSA) is 362 Å². The molecule has 47 heavy (non-hydrogen) atoms. The fraction of sp³-hybridized carbons (Fsp3) is 0.889. The zero-order chi connectivity index (χ0) is 34.6. The summed E-state index contributed by atoms with van der Waals surface area (Å²) in [6.07, 6.45) is -15.6. The number of hydrogen-bond acceptors (Lipinski definition) is 19. The van der Waals surface area contributed by atoms with Crippen molar-refractivity contribution >= 4 is 5.91 Å². The zero-order valence-corrected chi connectivity index (χ0v) is 25.8. The van der Waals surface area contributed by atoms with Crippen LogP contribution in [0.2, 0.25) is 0 Å². The predicted molar refractivity (Wildman–Crippen MR) is 159 cm³/mol. The maximum absolute atomic E-state index is 12.6. The van der Waals surface area contributed by atoms with Crippen LogP contribution in [0.15, 0.2) is 11.8 Å². The molecule has 0 spiro atoms. The molecule has 3 aliphatic heterocycles. The van der Waals surface area contributed by atoms with Crippen molar-refractivity contribution in [1.29, 1.82) is 0 Å². The molecular formula is C27H51N7O13. The number of rotatable bonds is 13. The van der Waals surface area contributed by atoms with Crippen molar-refractivity contribution in [3.05, 3.63) is 11.8 Å². The van der Waals surface area contributed by atoms with Crippen LogP contribution in [0.4, 0.5) is 0 Å². The minimum Gasteiger partial charge on any atom is -0.467 e. The number of carbonyl (C=O) groups excluding carboxylic acids is 1. The van der Waals surface area contributed by atoms with E-state index in [0.717, 1.165) is 0 Å². The molecule has 20 nitrogen and oxygen atoms in total. The molecule has 19 N–H and O–H groups in total. The molecule has 3 heterocycles. The van der Waals surface area contributed by atoms with Crippen LogP contribution < -0.4 is 39.7 Å². The maximum atomic E-state index is 12.6. The minimum absolute atomic E-state index is 0.0251. The van der Waals surface area contributed by atoms with E-state index in [1.54, 1.807) is 6.08 Å². The van der Waals surface area contributed by atoms with Gasteiger partial charge in [0, 0.05) is 12.6 Å². The third kappa shape index (κ3) is 8.56. The SMILES string of the molecule is NCC[C@H](O)C(=O)N[C@@H]1C[C@H](N)[C@@H](O[C@H]2OC(CN)=CC[C@H]2N)[C@H](O[C@@H]2O[C@H](CO)[C@@H](O[C@@H]3O[C@H](CN)[C@H](O)[C@@H](O)[C@@H]3N)[C@H]2O)[C@H]1O. The fourth-order valence-electron chi connectivity index (χ4n) is 6.07. The monoisotopic (exact) mass is 681 g/mol. The number of nitrogens with one attached hydrogen (secondary N) is 1. The Morgan fingerprint density at radius 3 is 2.17 bits per heavy atom. The van der Waals surface area contributed by atoms with Gasteiger partial charge in [0.05, 0.1) is 31.3 Å². The molecule has 1 aliphatic carbocycles. The number of carbonyl (C=O) groups is 1. The first kappa shape index (κ1) is 38.1. The van der Waals surface area contributed by atoms with Gasteiger partial charge in [-0.15, -0.1) is 0 Å². The summed E-state index contributed by atoms with van der Waals surface area (Å²) in [6, 6.07) is -3.88. The molecule has 20 heteroatoms. The highest BCUT2D eigenvalue weighted by Gasteiger charge is 2.54. The van der Waals surface area contributed by atoms with Crippen LogP contribution in [0.1, 0.15) is 19.3 Å². The molecule has 0 aromatic rings. The van der Waals surface area contributed by atoms with Crippen LogP contribution in [0.5, 0.6) is 0 Å². The largest absolute Gasteiger partial charge is 0.467 e. The van der Waals surface area contributed by atoms with E-state index in [1.165, 1.54) is 0 Å². The van der Waals surface area contributed by atoms with E-state index in [0.29, 0.717) is 12.2 Å². The second kappa shape index (κ2) is 16.8. The highest BCUT2D eigenvalue weighted by Crippen LogP contribution is 2.34. The summed E-state index contributed by atoms with van der Waals surface area (Å²) in [4.78, 5) is 12.6. The average molecular weight is 682 g/mol. The molecule has 0 bridgehead atoms. The summed E-state index contributed by atoms with van der Waals surface area (Å²) in [5, 5.41) is 66.1. The first-order valence-electron chi connectivity index (χ1n) is 15.7. The van der Waals surface area contributed by atoms with E-state index < -0.39 is 117 Å². The highest BCUT2D eigenvalue weighted by molar-refractivity contribution is 5.80. The molecular weight excluding hydrogens is 630 g/mol. The molecule has 2 saturated heterocycles. The molecule has 17 atom stereocenters. The summed E-state index contributed by atoms with van der Waals surface area (Å²) in [7, 11) is 0. The lowest BCUT2D eigenvalue weighted by atomic mass is 9.83. The Labute approximate surface area is 271 Å². The lowest BCUT2D eigenvalue weighted by Crippen LogP contribution is -2.67. The first-order chi connectivity index (χ1) is 22.3. The standard InChI is InChI=1S/C27H51N7O13/c28-4-3-13(36)24(41)34-12-5-11(32)21(45-25-10(31)2-1-9(6-29)42-25)23(17(12)37)47-27-20(40)22(15(8-35)44-27)46-26-16(33)19(39)18(38)14(7-30)43-26/h1,10-23,25-27,35-40H,2-8,28-33H2,(H,34,41)/t10-,11+,12-,13+,14-,15-,16+,17+,18+,19+,20-,21-,22-,23-,25-,26+,27+/m1/s1. The molecule has 3 fully saturated rings. The molecule has 1 amide bonds. The Morgan fingerprint density at radius 1 is 0.872 bits per heavy atom. The van der Waals surface area contributed by atoms with Gasteiger partial charge in [-0.25, -0.2) is 0 Å². The summed E-state index contributed by atoms with van der Waals surface area (Å²) in [5.74, 6) is -0.367. The predicted octanol–water partition coefficient (Wildman–Crippen LogP) is -7.84. The summed E-state index contributed by atoms with van der Waals surface area (Å²) >= 11 is 0. The van der Waals surface area contributed by atoms with Gasteiger partial charge in [-0.1, -0.05) is 0 Å². The van der Waals surface area contributed by atoms with Crippen molar-refractivity contribution in [3.63, 3.8) is 0 Å². The van der Waals surface area contributed by atoms with E-state index in [9.17, 15) is 35.4 Å². The Balaban J connectivity index is 1.55. The molecule has 0 aromatic heterocycles. The Hall–Kier alpha value is -1.67. The van der Waals surface area contributed by atoms with Crippen LogP contribution in [0.3, 0.4) is 0 Å². The average Bonchev–Trinajstić information content (AvgIpc) is 3.35. The lowest BCUT2D eigenvalue weighted by molar-refractivity contribution is -0.282. The van der Waals surface area contributed by atoms with Gasteiger partial charge in [0.15, 0.2) is 12.6 Å². The van der Waals surface area contributed by atoms with Crippen molar-refractivity contribution in [1.82, 2.24) is 5.32 Å². The number of aliphatic hydroxyl groups is 6. The number of amides is 1. The summed E-state index contributed by atoms with van der Waals surface area (Å²) in [5.41, 5.74) is 35.6. The van der Waals surface area contributed by atoms with E-state index in [4.69, 9.17) is 62.8 Å². The van der Waals surface area contributed by atoms with Gasteiger partial charge in [0.25, 0.3) is 0 Å². The Morgan fingerprint density at radius 2 is 1.53 bits per heavy atom. The molecule has 4 aliphatic rings.